The quantitative estimate of drug-likeness (QED) is 0.801. The van der Waals surface area contributed by atoms with Crippen molar-refractivity contribution in [1.82, 2.24) is 4.98 Å². The highest BCUT2D eigenvalue weighted by atomic mass is 79.9. The van der Waals surface area contributed by atoms with Crippen molar-refractivity contribution >= 4 is 39.0 Å². The highest BCUT2D eigenvalue weighted by molar-refractivity contribution is 9.10. The normalized spacial score (nSPS) is 10.3. The number of nitrogen functional groups attached to an aromatic ring is 1. The number of rotatable bonds is 3. The highest BCUT2D eigenvalue weighted by Gasteiger charge is 2.12. The second-order valence-corrected chi connectivity index (χ2v) is 5.09. The Morgan fingerprint density at radius 2 is 2.10 bits per heavy atom. The molecule has 1 amide bonds. The number of nitrogens with one attached hydrogen (secondary N) is 1. The summed E-state index contributed by atoms with van der Waals surface area (Å²) in [5.74, 6) is -0.743. The van der Waals surface area contributed by atoms with Crippen LogP contribution in [0.4, 0.5) is 21.6 Å². The number of pyridine rings is 1. The standard InChI is InChI=1S/C13H12BrFN4O/c1-6-2-10(15)9(14)4-11(6)19-13-8(12(17)20)3-7(16)5-18-13/h2-5H,16H2,1H3,(H2,17,20)(H,18,19). The molecule has 0 spiro atoms. The molecule has 2 aromatic rings. The molecule has 0 aliphatic carbocycles. The van der Waals surface area contributed by atoms with E-state index in [-0.39, 0.29) is 17.2 Å². The van der Waals surface area contributed by atoms with Crippen LogP contribution in [-0.2, 0) is 0 Å². The predicted octanol–water partition coefficient (Wildman–Crippen LogP) is 2.72. The van der Waals surface area contributed by atoms with Crippen molar-refractivity contribution in [2.45, 2.75) is 6.92 Å². The van der Waals surface area contributed by atoms with Crippen LogP contribution in [0.15, 0.2) is 28.9 Å². The number of aromatic nitrogens is 1. The Morgan fingerprint density at radius 3 is 2.75 bits per heavy atom. The summed E-state index contributed by atoms with van der Waals surface area (Å²) in [6, 6.07) is 4.37. The number of hydrogen-bond acceptors (Lipinski definition) is 4. The number of hydrogen-bond donors (Lipinski definition) is 3. The van der Waals surface area contributed by atoms with Gasteiger partial charge in [-0.3, -0.25) is 4.79 Å². The molecule has 7 heteroatoms. The largest absolute Gasteiger partial charge is 0.397 e. The van der Waals surface area contributed by atoms with Gasteiger partial charge in [-0.05, 0) is 46.6 Å². The van der Waals surface area contributed by atoms with E-state index in [1.165, 1.54) is 18.3 Å². The van der Waals surface area contributed by atoms with E-state index in [4.69, 9.17) is 11.5 Å². The molecule has 20 heavy (non-hydrogen) atoms. The van der Waals surface area contributed by atoms with E-state index in [9.17, 15) is 9.18 Å². The Balaban J connectivity index is 2.45. The van der Waals surface area contributed by atoms with Crippen molar-refractivity contribution in [2.75, 3.05) is 11.1 Å². The van der Waals surface area contributed by atoms with Crippen molar-refractivity contribution in [1.29, 1.82) is 0 Å². The number of anilines is 3. The van der Waals surface area contributed by atoms with E-state index in [2.05, 4.69) is 26.2 Å². The zero-order valence-corrected chi connectivity index (χ0v) is 12.2. The van der Waals surface area contributed by atoms with E-state index in [0.717, 1.165) is 0 Å². The van der Waals surface area contributed by atoms with Crippen molar-refractivity contribution in [3.8, 4) is 0 Å². The minimum absolute atomic E-state index is 0.171. The minimum Gasteiger partial charge on any atom is -0.397 e. The Bertz CT molecular complexity index is 690. The summed E-state index contributed by atoms with van der Waals surface area (Å²) in [6.07, 6.45) is 1.41. The number of carbonyl (C=O) groups is 1. The van der Waals surface area contributed by atoms with E-state index in [1.54, 1.807) is 13.0 Å². The molecule has 0 aliphatic heterocycles. The number of primary amides is 1. The summed E-state index contributed by atoms with van der Waals surface area (Å²) < 4.78 is 13.7. The highest BCUT2D eigenvalue weighted by Crippen LogP contribution is 2.27. The molecule has 1 aromatic heterocycles. The Hall–Kier alpha value is -2.15. The summed E-state index contributed by atoms with van der Waals surface area (Å²) >= 11 is 3.11. The molecule has 0 fully saturated rings. The summed E-state index contributed by atoms with van der Waals surface area (Å²) in [7, 11) is 0. The van der Waals surface area contributed by atoms with Gasteiger partial charge in [0, 0.05) is 5.69 Å². The van der Waals surface area contributed by atoms with E-state index < -0.39 is 5.91 Å². The van der Waals surface area contributed by atoms with Crippen LogP contribution >= 0.6 is 15.9 Å². The summed E-state index contributed by atoms with van der Waals surface area (Å²) in [5.41, 5.74) is 12.6. The first-order chi connectivity index (χ1) is 9.38. The number of halogens is 2. The third-order valence-electron chi connectivity index (χ3n) is 2.69. The molecule has 0 saturated heterocycles. The summed E-state index contributed by atoms with van der Waals surface area (Å²) in [5, 5.41) is 2.95. The Kier molecular flexibility index (Phi) is 3.89. The zero-order valence-electron chi connectivity index (χ0n) is 10.6. The number of benzene rings is 1. The lowest BCUT2D eigenvalue weighted by Gasteiger charge is -2.12. The summed E-state index contributed by atoms with van der Waals surface area (Å²) in [4.78, 5) is 15.4. The van der Waals surface area contributed by atoms with Gasteiger partial charge in [-0.25, -0.2) is 9.37 Å². The van der Waals surface area contributed by atoms with E-state index >= 15 is 0 Å². The van der Waals surface area contributed by atoms with E-state index in [0.29, 0.717) is 21.4 Å². The molecule has 0 bridgehead atoms. The summed E-state index contributed by atoms with van der Waals surface area (Å²) in [6.45, 7) is 1.74. The number of aryl methyl sites for hydroxylation is 1. The molecule has 1 aromatic carbocycles. The number of nitrogens with two attached hydrogens (primary N) is 2. The maximum absolute atomic E-state index is 13.4. The molecule has 0 atom stereocenters. The minimum atomic E-state index is -0.647. The Morgan fingerprint density at radius 1 is 1.40 bits per heavy atom. The van der Waals surface area contributed by atoms with Crippen LogP contribution in [-0.4, -0.2) is 10.9 Å². The molecular formula is C13H12BrFN4O. The first-order valence-electron chi connectivity index (χ1n) is 5.66. The van der Waals surface area contributed by atoms with Crippen LogP contribution in [0.5, 0.6) is 0 Å². The van der Waals surface area contributed by atoms with Crippen LogP contribution in [0.3, 0.4) is 0 Å². The smallest absolute Gasteiger partial charge is 0.252 e. The number of carbonyl (C=O) groups excluding carboxylic acids is 1. The second-order valence-electron chi connectivity index (χ2n) is 4.24. The van der Waals surface area contributed by atoms with Crippen LogP contribution in [0, 0.1) is 12.7 Å². The average molecular weight is 339 g/mol. The molecule has 0 unspecified atom stereocenters. The van der Waals surface area contributed by atoms with Crippen LogP contribution < -0.4 is 16.8 Å². The van der Waals surface area contributed by atoms with Crippen molar-refractivity contribution in [3.63, 3.8) is 0 Å². The van der Waals surface area contributed by atoms with Crippen molar-refractivity contribution < 1.29 is 9.18 Å². The van der Waals surface area contributed by atoms with Crippen molar-refractivity contribution in [3.05, 3.63) is 45.8 Å². The van der Waals surface area contributed by atoms with Gasteiger partial charge in [0.25, 0.3) is 5.91 Å². The van der Waals surface area contributed by atoms with Gasteiger partial charge in [-0.15, -0.1) is 0 Å². The van der Waals surface area contributed by atoms with Crippen molar-refractivity contribution in [2.24, 2.45) is 5.73 Å². The lowest BCUT2D eigenvalue weighted by molar-refractivity contribution is 0.100. The molecule has 0 saturated carbocycles. The third-order valence-corrected chi connectivity index (χ3v) is 3.30. The number of nitrogens with zero attached hydrogens (tertiary/aromatic N) is 1. The molecule has 0 radical (unpaired) electrons. The molecule has 104 valence electrons. The molecule has 5 N–H and O–H groups in total. The zero-order chi connectivity index (χ0) is 14.9. The third kappa shape index (κ3) is 2.88. The predicted molar refractivity (Wildman–Crippen MR) is 79.3 cm³/mol. The maximum Gasteiger partial charge on any atom is 0.252 e. The first kappa shape index (κ1) is 14.3. The molecule has 1 heterocycles. The topological polar surface area (TPSA) is 94.0 Å². The average Bonchev–Trinajstić information content (AvgIpc) is 2.37. The van der Waals surface area contributed by atoms with Gasteiger partial charge in [-0.1, -0.05) is 0 Å². The lowest BCUT2D eigenvalue weighted by Crippen LogP contribution is -2.15. The maximum atomic E-state index is 13.4. The molecule has 0 aliphatic rings. The van der Waals surface area contributed by atoms with Gasteiger partial charge in [0.1, 0.15) is 11.6 Å². The van der Waals surface area contributed by atoms with Gasteiger partial charge in [0.2, 0.25) is 0 Å². The fourth-order valence-corrected chi connectivity index (χ4v) is 2.02. The number of amides is 1. The molecule has 2 rings (SSSR count). The Labute approximate surface area is 123 Å². The molecular weight excluding hydrogens is 327 g/mol. The SMILES string of the molecule is Cc1cc(F)c(Br)cc1Nc1ncc(N)cc1C(N)=O. The van der Waals surface area contributed by atoms with Gasteiger partial charge in [-0.2, -0.15) is 0 Å². The fourth-order valence-electron chi connectivity index (χ4n) is 1.68. The fraction of sp³-hybridized carbons (Fsp3) is 0.0769. The van der Waals surface area contributed by atoms with Gasteiger partial charge in [0.05, 0.1) is 21.9 Å². The lowest BCUT2D eigenvalue weighted by atomic mass is 10.1. The van der Waals surface area contributed by atoms with Crippen LogP contribution in [0.1, 0.15) is 15.9 Å². The van der Waals surface area contributed by atoms with E-state index in [1.807, 2.05) is 0 Å². The van der Waals surface area contributed by atoms with Gasteiger partial charge >= 0.3 is 0 Å². The van der Waals surface area contributed by atoms with Gasteiger partial charge in [0.15, 0.2) is 0 Å². The van der Waals surface area contributed by atoms with Crippen LogP contribution in [0.25, 0.3) is 0 Å². The molecule has 5 nitrogen and oxygen atoms in total. The second kappa shape index (κ2) is 5.46. The van der Waals surface area contributed by atoms with Gasteiger partial charge < -0.3 is 16.8 Å². The first-order valence-corrected chi connectivity index (χ1v) is 6.45. The monoisotopic (exact) mass is 338 g/mol. The van der Waals surface area contributed by atoms with Crippen LogP contribution in [0.2, 0.25) is 0 Å².